The van der Waals surface area contributed by atoms with Gasteiger partial charge in [-0.3, -0.25) is 20.2 Å². The fraction of sp³-hybridized carbons (Fsp3) is 0.714. The van der Waals surface area contributed by atoms with Crippen molar-refractivity contribution in [1.29, 1.82) is 0 Å². The molecule has 0 aliphatic rings. The molecule has 0 aromatic heterocycles. The normalized spacial score (nSPS) is 10.2. The van der Waals surface area contributed by atoms with Crippen molar-refractivity contribution in [2.45, 2.75) is 33.1 Å². The molecule has 6 amide bonds. The molecule has 0 rings (SSSR count). The largest absolute Gasteiger partial charge is 0.341 e. The van der Waals surface area contributed by atoms with Crippen LogP contribution in [0.25, 0.3) is 0 Å². The van der Waals surface area contributed by atoms with E-state index in [4.69, 9.17) is 0 Å². The summed E-state index contributed by atoms with van der Waals surface area (Å²) in [6.07, 6.45) is 2.06. The molecule has 0 aromatic rings. The van der Waals surface area contributed by atoms with E-state index in [-0.39, 0.29) is 17.6 Å². The van der Waals surface area contributed by atoms with Gasteiger partial charge in [0.05, 0.1) is 5.75 Å². The second kappa shape index (κ2) is 14.0. The highest BCUT2D eigenvalue weighted by molar-refractivity contribution is 8.76. The van der Waals surface area contributed by atoms with Crippen molar-refractivity contribution in [3.8, 4) is 0 Å². The molecule has 0 heterocycles. The summed E-state index contributed by atoms with van der Waals surface area (Å²) in [6.45, 7) is 4.55. The lowest BCUT2D eigenvalue weighted by molar-refractivity contribution is -0.120. The molecule has 0 atom stereocenters. The van der Waals surface area contributed by atoms with Crippen molar-refractivity contribution < 1.29 is 19.2 Å². The summed E-state index contributed by atoms with van der Waals surface area (Å²) < 4.78 is 0. The Bertz CT molecular complexity index is 433. The average Bonchev–Trinajstić information content (AvgIpc) is 2.49. The third kappa shape index (κ3) is 14.2. The van der Waals surface area contributed by atoms with Crippen LogP contribution >= 0.6 is 21.6 Å². The van der Waals surface area contributed by atoms with E-state index >= 15 is 0 Å². The summed E-state index contributed by atoms with van der Waals surface area (Å²) in [7, 11) is 4.10. The highest BCUT2D eigenvalue weighted by Crippen LogP contribution is 2.19. The first-order valence-electron chi connectivity index (χ1n) is 7.68. The minimum absolute atomic E-state index is 0.138. The van der Waals surface area contributed by atoms with Gasteiger partial charge in [0.2, 0.25) is 11.8 Å². The van der Waals surface area contributed by atoms with Gasteiger partial charge in [0.25, 0.3) is 0 Å². The van der Waals surface area contributed by atoms with Gasteiger partial charge in [0, 0.05) is 25.8 Å². The van der Waals surface area contributed by atoms with Crippen molar-refractivity contribution in [1.82, 2.24) is 21.3 Å². The highest BCUT2D eigenvalue weighted by atomic mass is 33.1. The van der Waals surface area contributed by atoms with E-state index in [2.05, 4.69) is 35.1 Å². The molecular formula is C14H26N4O4S2. The molecule has 0 saturated carbocycles. The topological polar surface area (TPSA) is 116 Å². The fourth-order valence-electron chi connectivity index (χ4n) is 1.49. The van der Waals surface area contributed by atoms with Crippen LogP contribution in [0, 0.1) is 5.92 Å². The number of hydrogen-bond acceptors (Lipinski definition) is 6. The second-order valence-corrected chi connectivity index (χ2v) is 7.88. The van der Waals surface area contributed by atoms with Crippen LogP contribution in [0.3, 0.4) is 0 Å². The maximum absolute atomic E-state index is 11.5. The van der Waals surface area contributed by atoms with Crippen molar-refractivity contribution in [3.63, 3.8) is 0 Å². The summed E-state index contributed by atoms with van der Waals surface area (Å²) in [4.78, 5) is 45.1. The number of amides is 6. The Morgan fingerprint density at radius 1 is 0.958 bits per heavy atom. The molecule has 0 radical (unpaired) electrons. The molecule has 138 valence electrons. The van der Waals surface area contributed by atoms with E-state index in [0.717, 1.165) is 12.8 Å². The lowest BCUT2D eigenvalue weighted by Crippen LogP contribution is -2.40. The van der Waals surface area contributed by atoms with Gasteiger partial charge in [0.15, 0.2) is 0 Å². The Balaban J connectivity index is 3.56. The van der Waals surface area contributed by atoms with Crippen molar-refractivity contribution in [3.05, 3.63) is 0 Å². The highest BCUT2D eigenvalue weighted by Gasteiger charge is 2.08. The van der Waals surface area contributed by atoms with E-state index in [1.54, 1.807) is 0 Å². The first-order chi connectivity index (χ1) is 11.3. The number of urea groups is 2. The van der Waals surface area contributed by atoms with Crippen molar-refractivity contribution >= 4 is 45.5 Å². The molecule has 8 nitrogen and oxygen atoms in total. The Labute approximate surface area is 150 Å². The predicted molar refractivity (Wildman–Crippen MR) is 97.7 cm³/mol. The minimum atomic E-state index is -0.540. The van der Waals surface area contributed by atoms with E-state index in [1.165, 1.54) is 28.6 Å². The summed E-state index contributed by atoms with van der Waals surface area (Å²) >= 11 is 0. The average molecular weight is 379 g/mol. The van der Waals surface area contributed by atoms with Gasteiger partial charge in [-0.1, -0.05) is 41.9 Å². The number of imide groups is 2. The Hall–Kier alpha value is -1.42. The van der Waals surface area contributed by atoms with Gasteiger partial charge in [-0.05, 0) is 12.3 Å². The van der Waals surface area contributed by atoms with E-state index in [1.807, 2.05) is 0 Å². The minimum Gasteiger partial charge on any atom is -0.341 e. The van der Waals surface area contributed by atoms with E-state index in [0.29, 0.717) is 24.6 Å². The standard InChI is InChI=1S/C14H26N4O4S2/c1-10(2)5-4-6-11(19)17-14(22)16-7-8-23-24-9-12(20)18-13(21)15-3/h10H,4-9H2,1-3H3,(H2,15,18,20,21)(H2,16,17,19,22). The second-order valence-electron chi connectivity index (χ2n) is 5.30. The van der Waals surface area contributed by atoms with Crippen LogP contribution in [-0.2, 0) is 9.59 Å². The molecule has 0 bridgehead atoms. The smallest absolute Gasteiger partial charge is 0.321 e. The predicted octanol–water partition coefficient (Wildman–Crippen LogP) is 1.48. The van der Waals surface area contributed by atoms with Gasteiger partial charge >= 0.3 is 12.1 Å². The monoisotopic (exact) mass is 378 g/mol. The number of hydrogen-bond donors (Lipinski definition) is 4. The molecule has 0 aliphatic heterocycles. The Morgan fingerprint density at radius 3 is 2.25 bits per heavy atom. The molecule has 0 unspecified atom stereocenters. The molecule has 0 aliphatic carbocycles. The van der Waals surface area contributed by atoms with Crippen LogP contribution in [0.4, 0.5) is 9.59 Å². The Morgan fingerprint density at radius 2 is 1.62 bits per heavy atom. The van der Waals surface area contributed by atoms with E-state index < -0.39 is 12.1 Å². The zero-order valence-electron chi connectivity index (χ0n) is 14.3. The van der Waals surface area contributed by atoms with E-state index in [9.17, 15) is 19.2 Å². The number of nitrogens with one attached hydrogen (secondary N) is 4. The zero-order valence-corrected chi connectivity index (χ0v) is 15.9. The quantitative estimate of drug-likeness (QED) is 0.338. The molecule has 10 heteroatoms. The first-order valence-corrected chi connectivity index (χ1v) is 10.2. The number of carbonyl (C=O) groups excluding carboxylic acids is 4. The molecule has 0 fully saturated rings. The summed E-state index contributed by atoms with van der Waals surface area (Å²) in [5.41, 5.74) is 0. The Kier molecular flexibility index (Phi) is 13.1. The molecule has 0 spiro atoms. The lowest BCUT2D eigenvalue weighted by atomic mass is 10.1. The first kappa shape index (κ1) is 22.6. The van der Waals surface area contributed by atoms with Crippen molar-refractivity contribution in [2.24, 2.45) is 5.92 Å². The number of carbonyl (C=O) groups is 4. The van der Waals surface area contributed by atoms with Crippen LogP contribution in [0.1, 0.15) is 33.1 Å². The lowest BCUT2D eigenvalue weighted by Gasteiger charge is -2.07. The van der Waals surface area contributed by atoms with Crippen molar-refractivity contribution in [2.75, 3.05) is 25.1 Å². The molecule has 24 heavy (non-hydrogen) atoms. The summed E-state index contributed by atoms with van der Waals surface area (Å²) in [5, 5.41) is 9.28. The van der Waals surface area contributed by atoms with Gasteiger partial charge in [-0.15, -0.1) is 0 Å². The summed E-state index contributed by atoms with van der Waals surface area (Å²) in [5.74, 6) is 0.594. The molecule has 0 saturated heterocycles. The van der Waals surface area contributed by atoms with Gasteiger partial charge in [0.1, 0.15) is 0 Å². The van der Waals surface area contributed by atoms with Crippen LogP contribution in [-0.4, -0.2) is 49.0 Å². The molecular weight excluding hydrogens is 352 g/mol. The molecule has 0 aromatic carbocycles. The van der Waals surface area contributed by atoms with Crippen LogP contribution in [0.15, 0.2) is 0 Å². The maximum Gasteiger partial charge on any atom is 0.321 e. The van der Waals surface area contributed by atoms with Crippen LogP contribution in [0.5, 0.6) is 0 Å². The zero-order chi connectivity index (χ0) is 18.4. The fourth-order valence-corrected chi connectivity index (χ4v) is 3.23. The van der Waals surface area contributed by atoms with Gasteiger partial charge < -0.3 is 10.6 Å². The molecule has 4 N–H and O–H groups in total. The maximum atomic E-state index is 11.5. The summed E-state index contributed by atoms with van der Waals surface area (Å²) in [6, 6.07) is -1.05. The third-order valence-corrected chi connectivity index (χ3v) is 4.93. The third-order valence-electron chi connectivity index (χ3n) is 2.66. The number of rotatable bonds is 10. The SMILES string of the molecule is CNC(=O)NC(=O)CSSCCNC(=O)NC(=O)CCCC(C)C. The van der Waals surface area contributed by atoms with Gasteiger partial charge in [-0.2, -0.15) is 0 Å². The van der Waals surface area contributed by atoms with Crippen LogP contribution < -0.4 is 21.3 Å². The van der Waals surface area contributed by atoms with Gasteiger partial charge in [-0.25, -0.2) is 9.59 Å². The van der Waals surface area contributed by atoms with Crippen LogP contribution in [0.2, 0.25) is 0 Å².